The molecule has 0 saturated carbocycles. The monoisotopic (exact) mass is 420 g/mol. The molecule has 1 unspecified atom stereocenters. The minimum absolute atomic E-state index is 0.107. The molecule has 0 aromatic carbocycles. The molecule has 1 aromatic heterocycles. The molecule has 10 nitrogen and oxygen atoms in total. The van der Waals surface area contributed by atoms with Crippen molar-refractivity contribution in [2.45, 2.75) is 12.3 Å². The number of ether oxygens (including phenoxy) is 1. The molecule has 1 aromatic rings. The van der Waals surface area contributed by atoms with Gasteiger partial charge in [0.15, 0.2) is 6.23 Å². The lowest BCUT2D eigenvalue weighted by Crippen LogP contribution is -2.47. The summed E-state index contributed by atoms with van der Waals surface area (Å²) in [6, 6.07) is 1.21. The molecule has 2 rings (SSSR count). The predicted octanol–water partition coefficient (Wildman–Crippen LogP) is 1.19. The fourth-order valence-electron chi connectivity index (χ4n) is 2.71. The summed E-state index contributed by atoms with van der Waals surface area (Å²) in [6.45, 7) is 3.58. The maximum Gasteiger partial charge on any atom is 0.345 e. The van der Waals surface area contributed by atoms with Crippen LogP contribution in [-0.2, 0) is 18.4 Å². The zero-order valence-electron chi connectivity index (χ0n) is 16.1. The molecule has 1 saturated heterocycles. The van der Waals surface area contributed by atoms with Gasteiger partial charge in [0.2, 0.25) is 0 Å². The molecule has 12 heteroatoms. The Morgan fingerprint density at radius 2 is 1.96 bits per heavy atom. The van der Waals surface area contributed by atoms with Crippen LogP contribution in [-0.4, -0.2) is 72.6 Å². The number of aromatic amines is 1. The lowest BCUT2D eigenvalue weighted by molar-refractivity contribution is -0.0869. The van der Waals surface area contributed by atoms with Crippen LogP contribution in [0.15, 0.2) is 33.7 Å². The third-order valence-corrected chi connectivity index (χ3v) is 7.43. The fraction of sp³-hybridized carbons (Fsp3) is 0.600. The van der Waals surface area contributed by atoms with Crippen LogP contribution in [0.3, 0.4) is 0 Å². The van der Waals surface area contributed by atoms with E-state index in [-0.39, 0.29) is 13.1 Å². The van der Waals surface area contributed by atoms with Crippen molar-refractivity contribution in [3.63, 3.8) is 0 Å². The number of hydrogen-bond acceptors (Lipinski definition) is 6. The molecule has 1 N–H and O–H groups in total. The molecule has 0 amide bonds. The molecular weight excluding hydrogens is 394 g/mol. The lowest BCUT2D eigenvalue weighted by atomic mass is 10.3. The topological polar surface area (TPSA) is 114 Å². The van der Waals surface area contributed by atoms with Gasteiger partial charge in [0.05, 0.1) is 12.6 Å². The maximum atomic E-state index is 13.2. The van der Waals surface area contributed by atoms with Gasteiger partial charge >= 0.3 is 13.4 Å². The van der Waals surface area contributed by atoms with Crippen LogP contribution in [0.25, 0.3) is 0 Å². The minimum Gasteiger partial charge on any atom is -0.348 e. The van der Waals surface area contributed by atoms with Crippen molar-refractivity contribution >= 4 is 14.8 Å². The van der Waals surface area contributed by atoms with Gasteiger partial charge in [-0.05, 0) is 33.2 Å². The first kappa shape index (κ1) is 22.0. The van der Waals surface area contributed by atoms with Crippen LogP contribution < -0.4 is 11.2 Å². The first-order chi connectivity index (χ1) is 12.5. The van der Waals surface area contributed by atoms with Gasteiger partial charge in [-0.3, -0.25) is 18.9 Å². The second kappa shape index (κ2) is 8.39. The number of nitrogens with zero attached hydrogens (tertiary/aromatic N) is 3. The number of rotatable bonds is 6. The van der Waals surface area contributed by atoms with Gasteiger partial charge in [-0.15, -0.1) is 0 Å². The molecule has 2 heterocycles. The van der Waals surface area contributed by atoms with E-state index in [2.05, 4.69) is 4.98 Å². The molecule has 152 valence electrons. The van der Waals surface area contributed by atoms with Crippen molar-refractivity contribution < 1.29 is 18.4 Å². The highest BCUT2D eigenvalue weighted by atomic mass is 31.2. The second-order valence-electron chi connectivity index (χ2n) is 6.81. The smallest absolute Gasteiger partial charge is 0.345 e. The number of aromatic nitrogens is 2. The van der Waals surface area contributed by atoms with Gasteiger partial charge in [0.1, 0.15) is 7.14 Å². The average molecular weight is 420 g/mol. The number of morpholine rings is 1. The molecule has 27 heavy (non-hydrogen) atoms. The molecule has 0 spiro atoms. The van der Waals surface area contributed by atoms with E-state index < -0.39 is 38.4 Å². The molecule has 1 aliphatic heterocycles. The summed E-state index contributed by atoms with van der Waals surface area (Å²) >= 11 is 0. The number of H-pyrrole nitrogens is 1. The lowest BCUT2D eigenvalue weighted by Gasteiger charge is -2.41. The summed E-state index contributed by atoms with van der Waals surface area (Å²) in [7, 11) is -1.14. The summed E-state index contributed by atoms with van der Waals surface area (Å²) < 4.78 is 40.8. The molecule has 3 atom stereocenters. The Morgan fingerprint density at radius 3 is 2.48 bits per heavy atom. The van der Waals surface area contributed by atoms with Crippen molar-refractivity contribution in [1.29, 1.82) is 0 Å². The van der Waals surface area contributed by atoms with Gasteiger partial charge in [-0.2, -0.15) is 0 Å². The van der Waals surface area contributed by atoms with Gasteiger partial charge in [-0.1, -0.05) is 6.08 Å². The summed E-state index contributed by atoms with van der Waals surface area (Å²) in [4.78, 5) is 25.7. The van der Waals surface area contributed by atoms with Crippen molar-refractivity contribution in [3.8, 4) is 0 Å². The highest BCUT2D eigenvalue weighted by Gasteiger charge is 2.41. The van der Waals surface area contributed by atoms with Gasteiger partial charge in [0, 0.05) is 25.9 Å². The van der Waals surface area contributed by atoms with Crippen molar-refractivity contribution in [2.75, 3.05) is 47.6 Å². The van der Waals surface area contributed by atoms with Gasteiger partial charge in [0.25, 0.3) is 5.56 Å². The zero-order chi connectivity index (χ0) is 20.4. The molecule has 1 aliphatic rings. The Balaban J connectivity index is 2.43. The van der Waals surface area contributed by atoms with Crippen LogP contribution in [0, 0.1) is 0 Å². The first-order valence-corrected chi connectivity index (χ1v) is 12.5. The van der Waals surface area contributed by atoms with Crippen LogP contribution in [0.4, 0.5) is 0 Å². The Hall–Kier alpha value is -1.28. The first-order valence-electron chi connectivity index (χ1n) is 8.26. The Labute approximate surface area is 157 Å². The predicted molar refractivity (Wildman–Crippen MR) is 104 cm³/mol. The van der Waals surface area contributed by atoms with E-state index in [1.54, 1.807) is 44.0 Å². The standard InChI is InChI=1S/C15H26N4O6P2/c1-17(2)27(23,24-3)18-10-12(7-9-26(4,5)22)25-14(11-18)19-8-6-13(20)16-15(19)21/h6-9,12,14H,10-11H2,1-5H3,(H,16,20,21)/b9-7+/t12-,14-,27?/m1/s1. The average Bonchev–Trinajstić information content (AvgIpc) is 2.58. The van der Waals surface area contributed by atoms with Crippen molar-refractivity contribution in [1.82, 2.24) is 18.9 Å². The third kappa shape index (κ3) is 5.38. The van der Waals surface area contributed by atoms with E-state index in [1.165, 1.54) is 28.6 Å². The Bertz CT molecular complexity index is 902. The zero-order valence-corrected chi connectivity index (χ0v) is 17.9. The summed E-state index contributed by atoms with van der Waals surface area (Å²) in [6.07, 6.45) is 1.59. The summed E-state index contributed by atoms with van der Waals surface area (Å²) in [5, 5.41) is 0. The van der Waals surface area contributed by atoms with E-state index in [0.29, 0.717) is 0 Å². The molecule has 0 aliphatic carbocycles. The number of hydrogen-bond donors (Lipinski definition) is 1. The maximum absolute atomic E-state index is 13.2. The van der Waals surface area contributed by atoms with E-state index in [1.807, 2.05) is 0 Å². The highest BCUT2D eigenvalue weighted by Crippen LogP contribution is 2.53. The molecule has 0 radical (unpaired) electrons. The highest BCUT2D eigenvalue weighted by molar-refractivity contribution is 7.65. The van der Waals surface area contributed by atoms with Crippen LogP contribution in [0.2, 0.25) is 0 Å². The van der Waals surface area contributed by atoms with Crippen LogP contribution in [0.5, 0.6) is 0 Å². The second-order valence-corrected chi connectivity index (χ2v) is 12.7. The normalized spacial score (nSPS) is 24.4. The minimum atomic E-state index is -3.34. The largest absolute Gasteiger partial charge is 0.348 e. The summed E-state index contributed by atoms with van der Waals surface area (Å²) in [5.74, 6) is 1.57. The quantitative estimate of drug-likeness (QED) is 0.683. The Kier molecular flexibility index (Phi) is 6.84. The third-order valence-electron chi connectivity index (χ3n) is 4.01. The van der Waals surface area contributed by atoms with Gasteiger partial charge in [-0.25, -0.2) is 14.1 Å². The molecular formula is C15H26N4O6P2. The van der Waals surface area contributed by atoms with Crippen LogP contribution in [0.1, 0.15) is 6.23 Å². The van der Waals surface area contributed by atoms with Gasteiger partial charge < -0.3 is 13.8 Å². The van der Waals surface area contributed by atoms with E-state index in [9.17, 15) is 18.7 Å². The number of nitrogens with one attached hydrogen (secondary N) is 1. The van der Waals surface area contributed by atoms with Crippen LogP contribution >= 0.6 is 14.8 Å². The molecule has 1 fully saturated rings. The SMILES string of the molecule is COP(=O)(N(C)C)N1C[C@@H](/C=C/P(C)(C)=O)O[C@@H](n2ccc(=O)[nH]c2=O)C1. The fourth-order valence-corrected chi connectivity index (χ4v) is 5.09. The Morgan fingerprint density at radius 1 is 1.30 bits per heavy atom. The van der Waals surface area contributed by atoms with E-state index >= 15 is 0 Å². The van der Waals surface area contributed by atoms with E-state index in [0.717, 1.165) is 0 Å². The molecule has 0 bridgehead atoms. The summed E-state index contributed by atoms with van der Waals surface area (Å²) in [5.41, 5.74) is -1.15. The van der Waals surface area contributed by atoms with Crippen molar-refractivity contribution in [2.24, 2.45) is 0 Å². The van der Waals surface area contributed by atoms with Crippen molar-refractivity contribution in [3.05, 3.63) is 45.0 Å². The van der Waals surface area contributed by atoms with E-state index in [4.69, 9.17) is 9.26 Å².